The Morgan fingerprint density at radius 1 is 0.938 bits per heavy atom. The lowest BCUT2D eigenvalue weighted by atomic mass is 10.3. The molecule has 3 aromatic rings. The van der Waals surface area contributed by atoms with Crippen molar-refractivity contribution in [1.82, 2.24) is 4.90 Å². The fourth-order valence-electron chi connectivity index (χ4n) is 3.44. The van der Waals surface area contributed by atoms with Gasteiger partial charge in [0.15, 0.2) is 0 Å². The molecule has 1 unspecified atom stereocenters. The minimum absolute atomic E-state index is 0.00843. The van der Waals surface area contributed by atoms with E-state index >= 15 is 0 Å². The van der Waals surface area contributed by atoms with Crippen LogP contribution in [0, 0.1) is 0 Å². The van der Waals surface area contributed by atoms with Crippen LogP contribution in [-0.2, 0) is 10.0 Å². The van der Waals surface area contributed by atoms with Crippen LogP contribution in [0.25, 0.3) is 0 Å². The molecule has 0 amide bonds. The fourth-order valence-corrected chi connectivity index (χ4v) is 4.96. The highest BCUT2D eigenvalue weighted by Crippen LogP contribution is 2.35. The molecule has 3 aromatic carbocycles. The van der Waals surface area contributed by atoms with E-state index in [1.807, 2.05) is 7.05 Å². The number of para-hydroxylation sites is 2. The van der Waals surface area contributed by atoms with Crippen molar-refractivity contribution in [3.8, 4) is 17.2 Å². The van der Waals surface area contributed by atoms with Crippen LogP contribution in [0.5, 0.6) is 17.2 Å². The van der Waals surface area contributed by atoms with Crippen molar-refractivity contribution in [2.75, 3.05) is 24.9 Å². The van der Waals surface area contributed by atoms with Crippen LogP contribution in [-0.4, -0.2) is 39.6 Å². The molecule has 1 atom stereocenters. The van der Waals surface area contributed by atoms with Crippen LogP contribution in [0.4, 0.5) is 5.69 Å². The molecule has 1 aliphatic rings. The van der Waals surface area contributed by atoms with Crippen LogP contribution >= 0.6 is 23.2 Å². The van der Waals surface area contributed by atoms with Gasteiger partial charge in [0.2, 0.25) is 0 Å². The molecular weight excluding hydrogens is 471 g/mol. The zero-order chi connectivity index (χ0) is 22.7. The Balaban J connectivity index is 1.57. The molecule has 4 rings (SSSR count). The zero-order valence-corrected chi connectivity index (χ0v) is 19.6. The standard InChI is InChI=1S/C23H22Cl2N2O4S/c1-27-13-12-17(15-27)30-22-14-16(10-11-19(22)25)26-32(28,29)23-9-5-4-8-21(23)31-20-7-3-2-6-18(20)24/h2-11,14,17,26H,12-13,15H2,1H3. The summed E-state index contributed by atoms with van der Waals surface area (Å²) in [5, 5.41) is 0.801. The number of hydrogen-bond acceptors (Lipinski definition) is 5. The quantitative estimate of drug-likeness (QED) is 0.460. The lowest BCUT2D eigenvalue weighted by Gasteiger charge is -2.17. The molecule has 1 saturated heterocycles. The van der Waals surface area contributed by atoms with Gasteiger partial charge in [-0.1, -0.05) is 47.5 Å². The number of hydrogen-bond donors (Lipinski definition) is 1. The van der Waals surface area contributed by atoms with Gasteiger partial charge in [-0.25, -0.2) is 8.42 Å². The molecule has 0 saturated carbocycles. The van der Waals surface area contributed by atoms with Gasteiger partial charge >= 0.3 is 0 Å². The third kappa shape index (κ3) is 5.30. The van der Waals surface area contributed by atoms with Gasteiger partial charge in [-0.15, -0.1) is 0 Å². The number of nitrogens with one attached hydrogen (secondary N) is 1. The lowest BCUT2D eigenvalue weighted by molar-refractivity contribution is 0.208. The number of halogens is 2. The largest absolute Gasteiger partial charge is 0.487 e. The third-order valence-corrected chi connectivity index (χ3v) is 7.07. The van der Waals surface area contributed by atoms with E-state index in [1.165, 1.54) is 6.07 Å². The molecule has 0 bridgehead atoms. The predicted molar refractivity (Wildman–Crippen MR) is 127 cm³/mol. The second-order valence-corrected chi connectivity index (χ2v) is 9.99. The Hall–Kier alpha value is -2.45. The fraction of sp³-hybridized carbons (Fsp3) is 0.217. The van der Waals surface area contributed by atoms with Gasteiger partial charge in [-0.05, 0) is 49.9 Å². The molecule has 1 heterocycles. The van der Waals surface area contributed by atoms with Crippen LogP contribution in [0.3, 0.4) is 0 Å². The van der Waals surface area contributed by atoms with E-state index in [0.29, 0.717) is 27.2 Å². The molecule has 9 heteroatoms. The molecule has 32 heavy (non-hydrogen) atoms. The van der Waals surface area contributed by atoms with E-state index in [-0.39, 0.29) is 16.7 Å². The summed E-state index contributed by atoms with van der Waals surface area (Å²) in [5.41, 5.74) is 0.336. The summed E-state index contributed by atoms with van der Waals surface area (Å²) >= 11 is 12.4. The van der Waals surface area contributed by atoms with Crippen molar-refractivity contribution >= 4 is 38.9 Å². The monoisotopic (exact) mass is 492 g/mol. The SMILES string of the molecule is CN1CCC(Oc2cc(NS(=O)(=O)c3ccccc3Oc3ccccc3Cl)ccc2Cl)C1. The number of likely N-dealkylation sites (N-methyl/N-ethyl adjacent to an activating group) is 1. The summed E-state index contributed by atoms with van der Waals surface area (Å²) in [4.78, 5) is 2.15. The number of ether oxygens (including phenoxy) is 2. The van der Waals surface area contributed by atoms with Crippen molar-refractivity contribution in [2.45, 2.75) is 17.4 Å². The van der Waals surface area contributed by atoms with E-state index in [4.69, 9.17) is 32.7 Å². The molecule has 0 spiro atoms. The number of anilines is 1. The Bertz CT molecular complexity index is 1220. The molecule has 6 nitrogen and oxygen atoms in total. The zero-order valence-electron chi connectivity index (χ0n) is 17.3. The summed E-state index contributed by atoms with van der Waals surface area (Å²) in [7, 11) is -1.94. The highest BCUT2D eigenvalue weighted by Gasteiger charge is 2.24. The topological polar surface area (TPSA) is 67.9 Å². The number of rotatable bonds is 7. The lowest BCUT2D eigenvalue weighted by Crippen LogP contribution is -2.21. The third-order valence-electron chi connectivity index (χ3n) is 5.02. The van der Waals surface area contributed by atoms with E-state index in [1.54, 1.807) is 60.7 Å². The van der Waals surface area contributed by atoms with E-state index in [0.717, 1.165) is 19.5 Å². The molecule has 1 N–H and O–H groups in total. The minimum atomic E-state index is -3.97. The van der Waals surface area contributed by atoms with Gasteiger partial charge in [0.05, 0.1) is 15.7 Å². The first-order valence-electron chi connectivity index (χ1n) is 10.0. The first-order chi connectivity index (χ1) is 15.3. The van der Waals surface area contributed by atoms with Crippen LogP contribution in [0.15, 0.2) is 71.6 Å². The number of nitrogens with zero attached hydrogens (tertiary/aromatic N) is 1. The van der Waals surface area contributed by atoms with Gasteiger partial charge in [0.1, 0.15) is 28.2 Å². The van der Waals surface area contributed by atoms with E-state index in [9.17, 15) is 8.42 Å². The van der Waals surface area contributed by atoms with Crippen LogP contribution < -0.4 is 14.2 Å². The summed E-state index contributed by atoms with van der Waals surface area (Å²) in [6.07, 6.45) is 0.893. The molecule has 0 aliphatic carbocycles. The molecule has 1 aliphatic heterocycles. The second kappa shape index (κ2) is 9.58. The molecule has 0 aromatic heterocycles. The minimum Gasteiger partial charge on any atom is -0.487 e. The Kier molecular flexibility index (Phi) is 6.81. The van der Waals surface area contributed by atoms with Crippen LogP contribution in [0.2, 0.25) is 10.0 Å². The van der Waals surface area contributed by atoms with Crippen molar-refractivity contribution in [2.24, 2.45) is 0 Å². The maximum Gasteiger partial charge on any atom is 0.265 e. The predicted octanol–water partition coefficient (Wildman–Crippen LogP) is 5.67. The smallest absolute Gasteiger partial charge is 0.265 e. The summed E-state index contributed by atoms with van der Waals surface area (Å²) in [5.74, 6) is 0.959. The molecule has 1 fully saturated rings. The average molecular weight is 493 g/mol. The van der Waals surface area contributed by atoms with Crippen molar-refractivity contribution in [1.29, 1.82) is 0 Å². The van der Waals surface area contributed by atoms with Crippen molar-refractivity contribution < 1.29 is 17.9 Å². The first-order valence-corrected chi connectivity index (χ1v) is 12.2. The normalized spacial score (nSPS) is 16.7. The number of benzene rings is 3. The number of sulfonamides is 1. The maximum absolute atomic E-state index is 13.2. The summed E-state index contributed by atoms with van der Waals surface area (Å²) in [6, 6.07) is 18.0. The van der Waals surface area contributed by atoms with Gasteiger partial charge in [-0.3, -0.25) is 4.72 Å². The average Bonchev–Trinajstić information content (AvgIpc) is 3.17. The Morgan fingerprint density at radius 2 is 1.62 bits per heavy atom. The van der Waals surface area contributed by atoms with Gasteiger partial charge in [-0.2, -0.15) is 0 Å². The van der Waals surface area contributed by atoms with Crippen molar-refractivity contribution in [3.05, 3.63) is 76.8 Å². The highest BCUT2D eigenvalue weighted by molar-refractivity contribution is 7.92. The first kappa shape index (κ1) is 22.7. The van der Waals surface area contributed by atoms with Crippen LogP contribution in [0.1, 0.15) is 6.42 Å². The summed E-state index contributed by atoms with van der Waals surface area (Å²) in [6.45, 7) is 1.73. The Morgan fingerprint density at radius 3 is 2.34 bits per heavy atom. The van der Waals surface area contributed by atoms with E-state index < -0.39 is 10.0 Å². The van der Waals surface area contributed by atoms with E-state index in [2.05, 4.69) is 9.62 Å². The highest BCUT2D eigenvalue weighted by atomic mass is 35.5. The van der Waals surface area contributed by atoms with Gasteiger partial charge < -0.3 is 14.4 Å². The molecular formula is C23H22Cl2N2O4S. The maximum atomic E-state index is 13.2. The van der Waals surface area contributed by atoms with Gasteiger partial charge in [0, 0.05) is 19.2 Å². The number of likely N-dealkylation sites (tertiary alicyclic amines) is 1. The van der Waals surface area contributed by atoms with Gasteiger partial charge in [0.25, 0.3) is 10.0 Å². The van der Waals surface area contributed by atoms with Crippen molar-refractivity contribution in [3.63, 3.8) is 0 Å². The second-order valence-electron chi connectivity index (χ2n) is 7.52. The Labute approximate surface area is 197 Å². The molecule has 168 valence electrons. The molecule has 0 radical (unpaired) electrons. The summed E-state index contributed by atoms with van der Waals surface area (Å²) < 4.78 is 40.8.